The van der Waals surface area contributed by atoms with Crippen LogP contribution in [0.15, 0.2) is 29.3 Å². The van der Waals surface area contributed by atoms with Gasteiger partial charge in [0.1, 0.15) is 0 Å². The molecule has 0 atom stereocenters. The van der Waals surface area contributed by atoms with E-state index < -0.39 is 0 Å². The summed E-state index contributed by atoms with van der Waals surface area (Å²) in [5.74, 6) is 0.892. The number of guanidine groups is 1. The largest absolute Gasteiger partial charge is 0.357 e. The Morgan fingerprint density at radius 3 is 2.65 bits per heavy atom. The van der Waals surface area contributed by atoms with Crippen molar-refractivity contribution in [2.45, 2.75) is 65.0 Å². The van der Waals surface area contributed by atoms with Crippen LogP contribution in [0.4, 0.5) is 0 Å². The lowest BCUT2D eigenvalue weighted by Gasteiger charge is -2.22. The third kappa shape index (κ3) is 8.87. The molecule has 0 unspecified atom stereocenters. The fraction of sp³-hybridized carbons (Fsp3) is 0.600. The van der Waals surface area contributed by atoms with Crippen molar-refractivity contribution in [1.82, 2.24) is 16.0 Å². The predicted molar refractivity (Wildman–Crippen MR) is 119 cm³/mol. The van der Waals surface area contributed by atoms with Crippen LogP contribution in [0.25, 0.3) is 0 Å². The molecule has 1 aromatic carbocycles. The maximum atomic E-state index is 12.1. The summed E-state index contributed by atoms with van der Waals surface area (Å²) in [5, 5.41) is 9.63. The van der Waals surface area contributed by atoms with Crippen molar-refractivity contribution in [2.24, 2.45) is 4.99 Å². The first-order chi connectivity index (χ1) is 12.2. The van der Waals surface area contributed by atoms with Crippen molar-refractivity contribution in [2.75, 3.05) is 13.1 Å². The van der Waals surface area contributed by atoms with Crippen molar-refractivity contribution in [3.05, 3.63) is 35.4 Å². The molecule has 0 spiro atoms. The van der Waals surface area contributed by atoms with Crippen molar-refractivity contribution < 1.29 is 4.79 Å². The molecule has 1 aliphatic rings. The number of aryl methyl sites for hydroxylation is 1. The Morgan fingerprint density at radius 2 is 1.96 bits per heavy atom. The monoisotopic (exact) mass is 472 g/mol. The normalized spacial score (nSPS) is 15.1. The highest BCUT2D eigenvalue weighted by molar-refractivity contribution is 14.0. The molecule has 1 fully saturated rings. The van der Waals surface area contributed by atoms with Crippen molar-refractivity contribution >= 4 is 35.8 Å². The number of benzene rings is 1. The Hall–Kier alpha value is -1.31. The molecule has 3 N–H and O–H groups in total. The van der Waals surface area contributed by atoms with Crippen molar-refractivity contribution in [3.8, 4) is 0 Å². The molecule has 26 heavy (non-hydrogen) atoms. The lowest BCUT2D eigenvalue weighted by atomic mass is 9.95. The van der Waals surface area contributed by atoms with Crippen LogP contribution in [-0.4, -0.2) is 31.0 Å². The fourth-order valence-corrected chi connectivity index (χ4v) is 3.16. The van der Waals surface area contributed by atoms with Gasteiger partial charge in [0.25, 0.3) is 0 Å². The zero-order valence-electron chi connectivity index (χ0n) is 16.0. The zero-order chi connectivity index (χ0) is 17.9. The number of carbonyl (C=O) groups excluding carboxylic acids is 1. The summed E-state index contributed by atoms with van der Waals surface area (Å²) in [6.45, 7) is 6.15. The number of hydrogen-bond acceptors (Lipinski definition) is 2. The highest BCUT2D eigenvalue weighted by atomic mass is 127. The minimum Gasteiger partial charge on any atom is -0.357 e. The number of halogens is 1. The predicted octanol–water partition coefficient (Wildman–Crippen LogP) is 3.51. The molecule has 146 valence electrons. The Morgan fingerprint density at radius 1 is 1.19 bits per heavy atom. The quantitative estimate of drug-likeness (QED) is 0.323. The SMILES string of the molecule is CCNC(=NCc1cccc(C)c1)NCCC(=O)NC1CCCCC1.I. The van der Waals surface area contributed by atoms with Crippen LogP contribution in [0.3, 0.4) is 0 Å². The average Bonchev–Trinajstić information content (AvgIpc) is 2.60. The molecule has 0 saturated heterocycles. The number of nitrogens with one attached hydrogen (secondary N) is 3. The van der Waals surface area contributed by atoms with E-state index in [9.17, 15) is 4.79 Å². The van der Waals surface area contributed by atoms with Crippen LogP contribution in [0, 0.1) is 6.92 Å². The maximum absolute atomic E-state index is 12.1. The Bertz CT molecular complexity index is 571. The Balaban J connectivity index is 0.00000338. The summed E-state index contributed by atoms with van der Waals surface area (Å²) in [4.78, 5) is 16.7. The minimum atomic E-state index is 0. The molecule has 0 bridgehead atoms. The number of nitrogens with zero attached hydrogens (tertiary/aromatic N) is 1. The fourth-order valence-electron chi connectivity index (χ4n) is 3.16. The van der Waals surface area contributed by atoms with Gasteiger partial charge in [0.15, 0.2) is 5.96 Å². The highest BCUT2D eigenvalue weighted by Crippen LogP contribution is 2.17. The molecule has 1 saturated carbocycles. The number of amides is 1. The first-order valence-corrected chi connectivity index (χ1v) is 9.54. The second-order valence-corrected chi connectivity index (χ2v) is 6.76. The van der Waals surface area contributed by atoms with Crippen LogP contribution < -0.4 is 16.0 Å². The van der Waals surface area contributed by atoms with Crippen LogP contribution in [0.5, 0.6) is 0 Å². The van der Waals surface area contributed by atoms with Gasteiger partial charge in [-0.15, -0.1) is 24.0 Å². The molecule has 2 rings (SSSR count). The molecule has 0 aliphatic heterocycles. The van der Waals surface area contributed by atoms with Crippen LogP contribution >= 0.6 is 24.0 Å². The highest BCUT2D eigenvalue weighted by Gasteiger charge is 2.15. The van der Waals surface area contributed by atoms with Crippen molar-refractivity contribution in [3.63, 3.8) is 0 Å². The topological polar surface area (TPSA) is 65.5 Å². The zero-order valence-corrected chi connectivity index (χ0v) is 18.3. The van der Waals surface area contributed by atoms with E-state index in [1.165, 1.54) is 30.4 Å². The molecule has 0 heterocycles. The third-order valence-corrected chi connectivity index (χ3v) is 4.46. The van der Waals surface area contributed by atoms with Gasteiger partial charge in [0, 0.05) is 25.6 Å². The second kappa shape index (κ2) is 12.9. The van der Waals surface area contributed by atoms with Crippen LogP contribution in [0.2, 0.25) is 0 Å². The third-order valence-electron chi connectivity index (χ3n) is 4.46. The van der Waals surface area contributed by atoms with Gasteiger partial charge in [-0.25, -0.2) is 4.99 Å². The van der Waals surface area contributed by atoms with Crippen LogP contribution in [0.1, 0.15) is 56.6 Å². The van der Waals surface area contributed by atoms with E-state index in [0.717, 1.165) is 25.3 Å². The van der Waals surface area contributed by atoms with Gasteiger partial charge in [-0.3, -0.25) is 4.79 Å². The van der Waals surface area contributed by atoms with E-state index in [2.05, 4.69) is 52.1 Å². The first-order valence-electron chi connectivity index (χ1n) is 9.54. The minimum absolute atomic E-state index is 0. The first kappa shape index (κ1) is 22.7. The molecule has 6 heteroatoms. The van der Waals surface area contributed by atoms with Crippen LogP contribution in [-0.2, 0) is 11.3 Å². The standard InChI is InChI=1S/C20H32N4O.HI/c1-3-21-20(23-15-17-9-7-8-16(2)14-17)22-13-12-19(25)24-18-10-5-4-6-11-18;/h7-9,14,18H,3-6,10-13,15H2,1-2H3,(H,24,25)(H2,21,22,23);1H. The number of carbonyl (C=O) groups is 1. The van der Waals surface area contributed by atoms with E-state index >= 15 is 0 Å². The van der Waals surface area contributed by atoms with E-state index in [-0.39, 0.29) is 29.9 Å². The molecule has 1 aromatic rings. The summed E-state index contributed by atoms with van der Waals surface area (Å²) < 4.78 is 0. The van der Waals surface area contributed by atoms with Gasteiger partial charge < -0.3 is 16.0 Å². The second-order valence-electron chi connectivity index (χ2n) is 6.76. The maximum Gasteiger partial charge on any atom is 0.221 e. The molecule has 5 nitrogen and oxygen atoms in total. The van der Waals surface area contributed by atoms with Gasteiger partial charge in [-0.1, -0.05) is 49.1 Å². The molecule has 1 aliphatic carbocycles. The Labute approximate surface area is 174 Å². The van der Waals surface area contributed by atoms with Gasteiger partial charge in [0.05, 0.1) is 6.54 Å². The summed E-state index contributed by atoms with van der Waals surface area (Å²) in [5.41, 5.74) is 2.43. The molecular formula is C20H33IN4O. The summed E-state index contributed by atoms with van der Waals surface area (Å²) in [6.07, 6.45) is 6.50. The van der Waals surface area contributed by atoms with E-state index in [1.807, 2.05) is 6.92 Å². The molecule has 0 radical (unpaired) electrons. The summed E-state index contributed by atoms with van der Waals surface area (Å²) in [7, 11) is 0. The molecule has 0 aromatic heterocycles. The van der Waals surface area contributed by atoms with E-state index in [1.54, 1.807) is 0 Å². The lowest BCUT2D eigenvalue weighted by molar-refractivity contribution is -0.121. The smallest absolute Gasteiger partial charge is 0.221 e. The number of hydrogen-bond donors (Lipinski definition) is 3. The average molecular weight is 472 g/mol. The lowest BCUT2D eigenvalue weighted by Crippen LogP contribution is -2.41. The molecular weight excluding hydrogens is 439 g/mol. The van der Waals surface area contributed by atoms with Gasteiger partial charge in [-0.05, 0) is 32.3 Å². The summed E-state index contributed by atoms with van der Waals surface area (Å²) in [6, 6.07) is 8.74. The summed E-state index contributed by atoms with van der Waals surface area (Å²) >= 11 is 0. The Kier molecular flexibility index (Phi) is 11.3. The van der Waals surface area contributed by atoms with E-state index in [0.29, 0.717) is 25.6 Å². The molecule has 1 amide bonds. The number of aliphatic imine (C=N–C) groups is 1. The van der Waals surface area contributed by atoms with Crippen molar-refractivity contribution in [1.29, 1.82) is 0 Å². The van der Waals surface area contributed by atoms with Gasteiger partial charge >= 0.3 is 0 Å². The van der Waals surface area contributed by atoms with Gasteiger partial charge in [0.2, 0.25) is 5.91 Å². The van der Waals surface area contributed by atoms with Gasteiger partial charge in [-0.2, -0.15) is 0 Å². The van der Waals surface area contributed by atoms with E-state index in [4.69, 9.17) is 0 Å². The number of rotatable bonds is 7.